The molecule has 2 heterocycles. The van der Waals surface area contributed by atoms with Gasteiger partial charge in [0.15, 0.2) is 5.76 Å². The van der Waals surface area contributed by atoms with Gasteiger partial charge in [0.2, 0.25) is 0 Å². The highest BCUT2D eigenvalue weighted by atomic mass is 19.1. The van der Waals surface area contributed by atoms with Crippen LogP contribution in [0.3, 0.4) is 0 Å². The number of nitrogens with zero attached hydrogens (tertiary/aromatic N) is 3. The number of aliphatic hydroxyl groups excluding tert-OH is 1. The molecule has 0 spiro atoms. The van der Waals surface area contributed by atoms with Gasteiger partial charge in [-0.3, -0.25) is 14.5 Å². The van der Waals surface area contributed by atoms with Crippen molar-refractivity contribution in [2.45, 2.75) is 6.54 Å². The van der Waals surface area contributed by atoms with Crippen molar-refractivity contribution < 1.29 is 19.1 Å². The van der Waals surface area contributed by atoms with E-state index >= 15 is 0 Å². The lowest BCUT2D eigenvalue weighted by atomic mass is 10.1. The molecule has 7 heteroatoms. The molecule has 0 saturated carbocycles. The Morgan fingerprint density at radius 3 is 2.14 bits per heavy atom. The first-order chi connectivity index (χ1) is 13.9. The lowest BCUT2D eigenvalue weighted by molar-refractivity contribution is -0.121. The van der Waals surface area contributed by atoms with Gasteiger partial charge >= 0.3 is 5.91 Å². The summed E-state index contributed by atoms with van der Waals surface area (Å²) in [6.07, 6.45) is 0. The molecule has 0 bridgehead atoms. The molecular formula is C22H22FN3O3. The zero-order chi connectivity index (χ0) is 20.5. The fourth-order valence-corrected chi connectivity index (χ4v) is 3.64. The van der Waals surface area contributed by atoms with Gasteiger partial charge in [-0.25, -0.2) is 9.29 Å². The number of piperazine rings is 1. The predicted octanol–water partition coefficient (Wildman–Crippen LogP) is 2.42. The smallest absolute Gasteiger partial charge is 0.301 e. The van der Waals surface area contributed by atoms with Crippen LogP contribution < -0.4 is 4.90 Å². The molecule has 4 rings (SSSR count). The average Bonchev–Trinajstić information content (AvgIpc) is 2.94. The molecular weight excluding hydrogens is 373 g/mol. The minimum atomic E-state index is -0.777. The quantitative estimate of drug-likeness (QED) is 0.806. The van der Waals surface area contributed by atoms with E-state index in [1.165, 1.54) is 24.3 Å². The van der Waals surface area contributed by atoms with E-state index in [-0.39, 0.29) is 5.57 Å². The van der Waals surface area contributed by atoms with Crippen molar-refractivity contribution in [1.29, 1.82) is 0 Å². The summed E-state index contributed by atoms with van der Waals surface area (Å²) < 4.78 is 13.2. The van der Waals surface area contributed by atoms with Crippen LogP contribution in [-0.2, 0) is 16.1 Å². The Balaban J connectivity index is 1.51. The Labute approximate surface area is 168 Å². The van der Waals surface area contributed by atoms with Crippen LogP contribution in [0.15, 0.2) is 54.3 Å². The van der Waals surface area contributed by atoms with Crippen LogP contribution in [0.25, 0.3) is 5.57 Å². The number of amides is 2. The Morgan fingerprint density at radius 2 is 1.52 bits per heavy atom. The molecule has 0 aromatic heterocycles. The maximum atomic E-state index is 13.2. The van der Waals surface area contributed by atoms with Crippen LogP contribution in [0.2, 0.25) is 0 Å². The second-order valence-corrected chi connectivity index (χ2v) is 7.42. The van der Waals surface area contributed by atoms with Gasteiger partial charge in [-0.05, 0) is 42.4 Å². The summed E-state index contributed by atoms with van der Waals surface area (Å²) in [5.41, 5.74) is 1.67. The summed E-state index contributed by atoms with van der Waals surface area (Å²) in [5, 5.41) is 10.2. The van der Waals surface area contributed by atoms with E-state index in [4.69, 9.17) is 0 Å². The number of rotatable bonds is 4. The minimum absolute atomic E-state index is 0.114. The highest BCUT2D eigenvalue weighted by molar-refractivity contribution is 6.44. The number of aliphatic hydroxyl groups is 1. The van der Waals surface area contributed by atoms with Gasteiger partial charge in [0.05, 0.1) is 11.3 Å². The van der Waals surface area contributed by atoms with E-state index in [9.17, 15) is 19.1 Å². The van der Waals surface area contributed by atoms with Crippen molar-refractivity contribution in [3.63, 3.8) is 0 Å². The Hall–Kier alpha value is -3.03. The monoisotopic (exact) mass is 395 g/mol. The molecule has 0 atom stereocenters. The third-order valence-electron chi connectivity index (χ3n) is 5.39. The molecule has 1 N–H and O–H groups in total. The number of anilines is 1. The molecule has 2 aromatic carbocycles. The Bertz CT molecular complexity index is 962. The molecule has 2 aliphatic heterocycles. The summed E-state index contributed by atoms with van der Waals surface area (Å²) >= 11 is 0. The molecule has 0 unspecified atom stereocenters. The summed E-state index contributed by atoms with van der Waals surface area (Å²) in [5.74, 6) is -2.48. The molecule has 0 radical (unpaired) electrons. The molecule has 0 aliphatic carbocycles. The van der Waals surface area contributed by atoms with Crippen LogP contribution in [-0.4, -0.2) is 59.9 Å². The van der Waals surface area contributed by atoms with Crippen LogP contribution >= 0.6 is 0 Å². The molecule has 1 saturated heterocycles. The molecule has 2 aromatic rings. The number of carbonyl (C=O) groups is 2. The van der Waals surface area contributed by atoms with Crippen LogP contribution in [0.1, 0.15) is 11.1 Å². The van der Waals surface area contributed by atoms with Crippen LogP contribution in [0, 0.1) is 5.82 Å². The molecule has 2 amide bonds. The number of imide groups is 1. The fourth-order valence-electron chi connectivity index (χ4n) is 3.64. The van der Waals surface area contributed by atoms with E-state index < -0.39 is 23.4 Å². The van der Waals surface area contributed by atoms with Gasteiger partial charge < -0.3 is 10.0 Å². The zero-order valence-electron chi connectivity index (χ0n) is 16.1. The lowest BCUT2D eigenvalue weighted by Gasteiger charge is -2.32. The van der Waals surface area contributed by atoms with Crippen molar-refractivity contribution >= 4 is 23.1 Å². The topological polar surface area (TPSA) is 64.1 Å². The van der Waals surface area contributed by atoms with Crippen molar-refractivity contribution in [3.8, 4) is 0 Å². The second kappa shape index (κ2) is 7.77. The van der Waals surface area contributed by atoms with Gasteiger partial charge in [0.1, 0.15) is 5.82 Å². The Morgan fingerprint density at radius 1 is 0.897 bits per heavy atom. The molecule has 29 heavy (non-hydrogen) atoms. The van der Waals surface area contributed by atoms with Crippen molar-refractivity contribution in [1.82, 2.24) is 9.80 Å². The second-order valence-electron chi connectivity index (χ2n) is 7.42. The van der Waals surface area contributed by atoms with E-state index in [0.717, 1.165) is 43.2 Å². The lowest BCUT2D eigenvalue weighted by Crippen LogP contribution is -2.43. The van der Waals surface area contributed by atoms with Crippen LogP contribution in [0.4, 0.5) is 10.1 Å². The largest absolute Gasteiger partial charge is 0.502 e. The number of benzene rings is 2. The minimum Gasteiger partial charge on any atom is -0.502 e. The number of hydrogen-bond donors (Lipinski definition) is 1. The van der Waals surface area contributed by atoms with Gasteiger partial charge in [-0.15, -0.1) is 0 Å². The van der Waals surface area contributed by atoms with E-state index in [1.807, 2.05) is 12.1 Å². The number of hydrogen-bond acceptors (Lipinski definition) is 5. The van der Waals surface area contributed by atoms with Crippen molar-refractivity contribution in [2.24, 2.45) is 0 Å². The number of likely N-dealkylation sites (N-methyl/N-ethyl adjacent to an activating group) is 1. The highest BCUT2D eigenvalue weighted by Gasteiger charge is 2.40. The predicted molar refractivity (Wildman–Crippen MR) is 108 cm³/mol. The van der Waals surface area contributed by atoms with Gasteiger partial charge in [0, 0.05) is 32.7 Å². The summed E-state index contributed by atoms with van der Waals surface area (Å²) in [6.45, 7) is 4.87. The van der Waals surface area contributed by atoms with Crippen molar-refractivity contribution in [3.05, 3.63) is 71.2 Å². The highest BCUT2D eigenvalue weighted by Crippen LogP contribution is 2.32. The zero-order valence-corrected chi connectivity index (χ0v) is 16.1. The maximum Gasteiger partial charge on any atom is 0.301 e. The molecule has 2 aliphatic rings. The first kappa shape index (κ1) is 19.3. The molecule has 1 fully saturated rings. The van der Waals surface area contributed by atoms with Gasteiger partial charge in [-0.2, -0.15) is 0 Å². The SMILES string of the molecule is CN1CCN(Cc2ccc(N3C(=O)C(O)=C(c4ccc(F)cc4)C3=O)cc2)CC1. The number of halogens is 1. The fraction of sp³-hybridized carbons (Fsp3) is 0.273. The maximum absolute atomic E-state index is 13.2. The summed E-state index contributed by atoms with van der Waals surface area (Å²) in [6, 6.07) is 12.3. The van der Waals surface area contributed by atoms with Gasteiger partial charge in [0.25, 0.3) is 5.91 Å². The third kappa shape index (κ3) is 3.79. The number of carbonyl (C=O) groups excluding carboxylic acids is 2. The Kier molecular flexibility index (Phi) is 5.17. The first-order valence-corrected chi connectivity index (χ1v) is 9.52. The van der Waals surface area contributed by atoms with E-state index in [1.54, 1.807) is 12.1 Å². The van der Waals surface area contributed by atoms with E-state index in [2.05, 4.69) is 16.8 Å². The van der Waals surface area contributed by atoms with E-state index in [0.29, 0.717) is 11.3 Å². The standard InChI is InChI=1S/C22H22FN3O3/c1-24-10-12-25(13-11-24)14-15-2-8-18(9-3-15)26-21(28)19(20(27)22(26)29)16-4-6-17(23)7-5-16/h2-9,27H,10-14H2,1H3. The summed E-state index contributed by atoms with van der Waals surface area (Å²) in [7, 11) is 2.11. The third-order valence-corrected chi connectivity index (χ3v) is 5.39. The molecule has 150 valence electrons. The van der Waals surface area contributed by atoms with Crippen molar-refractivity contribution in [2.75, 3.05) is 38.1 Å². The van der Waals surface area contributed by atoms with Gasteiger partial charge in [-0.1, -0.05) is 24.3 Å². The molecule has 6 nitrogen and oxygen atoms in total. The first-order valence-electron chi connectivity index (χ1n) is 9.52. The van der Waals surface area contributed by atoms with Crippen LogP contribution in [0.5, 0.6) is 0 Å². The average molecular weight is 395 g/mol. The normalized spacial score (nSPS) is 18.8. The summed E-state index contributed by atoms with van der Waals surface area (Å²) in [4.78, 5) is 30.9.